The van der Waals surface area contributed by atoms with E-state index in [1.165, 1.54) is 0 Å². The summed E-state index contributed by atoms with van der Waals surface area (Å²) in [6.07, 6.45) is -0.340. The highest BCUT2D eigenvalue weighted by atomic mass is 16.6. The highest BCUT2D eigenvalue weighted by Crippen LogP contribution is 2.27. The molecule has 5 heteroatoms. The Labute approximate surface area is 103 Å². The van der Waals surface area contributed by atoms with Crippen molar-refractivity contribution in [2.24, 2.45) is 5.92 Å². The molecule has 0 bridgehead atoms. The van der Waals surface area contributed by atoms with Crippen LogP contribution in [0.15, 0.2) is 0 Å². The van der Waals surface area contributed by atoms with Crippen LogP contribution >= 0.6 is 0 Å². The molecule has 0 aromatic heterocycles. The first kappa shape index (κ1) is 13.8. The molecule has 0 spiro atoms. The zero-order valence-corrected chi connectivity index (χ0v) is 11.5. The summed E-state index contributed by atoms with van der Waals surface area (Å²) in [5.74, 6) is -0.0326. The van der Waals surface area contributed by atoms with Gasteiger partial charge in [-0.1, -0.05) is 0 Å². The maximum atomic E-state index is 11.8. The van der Waals surface area contributed by atoms with E-state index in [1.807, 2.05) is 27.7 Å². The summed E-state index contributed by atoms with van der Waals surface area (Å²) >= 11 is 0. The van der Waals surface area contributed by atoms with Crippen LogP contribution < -0.4 is 0 Å². The fraction of sp³-hybridized carbons (Fsp3) is 0.833. The predicted molar refractivity (Wildman–Crippen MR) is 64.6 cm³/mol. The molecular formula is C12H22N2O3. The van der Waals surface area contributed by atoms with Crippen LogP contribution in [0.5, 0.6) is 0 Å². The van der Waals surface area contributed by atoms with Gasteiger partial charge in [0.15, 0.2) is 0 Å². The molecule has 0 aromatic carbocycles. The quantitative estimate of drug-likeness (QED) is 0.697. The van der Waals surface area contributed by atoms with Crippen molar-refractivity contribution in [1.29, 1.82) is 0 Å². The van der Waals surface area contributed by atoms with E-state index in [9.17, 15) is 9.59 Å². The highest BCUT2D eigenvalue weighted by molar-refractivity contribution is 5.83. The second kappa shape index (κ2) is 4.55. The van der Waals surface area contributed by atoms with Crippen molar-refractivity contribution < 1.29 is 14.3 Å². The van der Waals surface area contributed by atoms with Crippen LogP contribution in [0.2, 0.25) is 0 Å². The van der Waals surface area contributed by atoms with Crippen LogP contribution in [0.25, 0.3) is 0 Å². The number of hydrogen-bond acceptors (Lipinski definition) is 3. The van der Waals surface area contributed by atoms with Gasteiger partial charge in [-0.3, -0.25) is 4.79 Å². The van der Waals surface area contributed by atoms with Crippen molar-refractivity contribution in [2.45, 2.75) is 39.3 Å². The normalized spacial score (nSPS) is 24.0. The van der Waals surface area contributed by atoms with Crippen LogP contribution in [0.3, 0.4) is 0 Å². The molecule has 2 unspecified atom stereocenters. The molecule has 1 fully saturated rings. The number of hydrogen-bond donors (Lipinski definition) is 0. The predicted octanol–water partition coefficient (Wildman–Crippen LogP) is 1.33. The molecule has 0 radical (unpaired) electrons. The van der Waals surface area contributed by atoms with Gasteiger partial charge in [0, 0.05) is 26.7 Å². The van der Waals surface area contributed by atoms with Gasteiger partial charge in [0.05, 0.1) is 5.92 Å². The summed E-state index contributed by atoms with van der Waals surface area (Å²) in [5.41, 5.74) is -0.493. The molecular weight excluding hydrogens is 220 g/mol. The molecule has 0 saturated carbocycles. The molecule has 1 aliphatic heterocycles. The van der Waals surface area contributed by atoms with Gasteiger partial charge < -0.3 is 14.5 Å². The van der Waals surface area contributed by atoms with Crippen LogP contribution in [-0.2, 0) is 9.53 Å². The molecule has 1 rings (SSSR count). The van der Waals surface area contributed by atoms with E-state index in [0.29, 0.717) is 6.54 Å². The molecule has 1 aliphatic rings. The molecule has 2 atom stereocenters. The minimum Gasteiger partial charge on any atom is -0.444 e. The average Bonchev–Trinajstić information content (AvgIpc) is 2.12. The SMILES string of the molecule is CC1C(C(=O)N(C)C)CN1C(=O)OC(C)(C)C. The number of nitrogens with zero attached hydrogens (tertiary/aromatic N) is 2. The lowest BCUT2D eigenvalue weighted by molar-refractivity contribution is -0.141. The Kier molecular flexibility index (Phi) is 3.69. The Morgan fingerprint density at radius 1 is 1.29 bits per heavy atom. The molecule has 1 heterocycles. The van der Waals surface area contributed by atoms with Crippen molar-refractivity contribution in [3.05, 3.63) is 0 Å². The van der Waals surface area contributed by atoms with E-state index >= 15 is 0 Å². The molecule has 17 heavy (non-hydrogen) atoms. The van der Waals surface area contributed by atoms with E-state index in [2.05, 4.69) is 0 Å². The minimum absolute atomic E-state index is 0.0670. The number of ether oxygens (including phenoxy) is 1. The number of rotatable bonds is 1. The molecule has 0 N–H and O–H groups in total. The van der Waals surface area contributed by atoms with E-state index in [0.717, 1.165) is 0 Å². The van der Waals surface area contributed by atoms with E-state index in [1.54, 1.807) is 23.9 Å². The van der Waals surface area contributed by atoms with Crippen LogP contribution in [0.4, 0.5) is 4.79 Å². The molecule has 5 nitrogen and oxygen atoms in total. The van der Waals surface area contributed by atoms with Crippen molar-refractivity contribution in [1.82, 2.24) is 9.80 Å². The largest absolute Gasteiger partial charge is 0.444 e. The minimum atomic E-state index is -0.493. The number of carbonyl (C=O) groups excluding carboxylic acids is 2. The molecule has 0 aromatic rings. The molecule has 98 valence electrons. The van der Waals surface area contributed by atoms with Gasteiger partial charge in [-0.25, -0.2) is 4.79 Å². The summed E-state index contributed by atoms with van der Waals surface area (Å²) in [5, 5.41) is 0. The van der Waals surface area contributed by atoms with Gasteiger partial charge in [-0.15, -0.1) is 0 Å². The van der Waals surface area contributed by atoms with Gasteiger partial charge >= 0.3 is 6.09 Å². The standard InChI is InChI=1S/C12H22N2O3/c1-8-9(10(15)13(5)6)7-14(8)11(16)17-12(2,3)4/h8-9H,7H2,1-6H3. The second-order valence-electron chi connectivity index (χ2n) is 5.71. The summed E-state index contributed by atoms with van der Waals surface area (Å²) < 4.78 is 5.26. The van der Waals surface area contributed by atoms with Crippen molar-refractivity contribution in [2.75, 3.05) is 20.6 Å². The zero-order valence-electron chi connectivity index (χ0n) is 11.5. The Balaban J connectivity index is 2.53. The van der Waals surface area contributed by atoms with Gasteiger partial charge in [0.2, 0.25) is 5.91 Å². The van der Waals surface area contributed by atoms with Crippen molar-refractivity contribution in [3.63, 3.8) is 0 Å². The lowest BCUT2D eigenvalue weighted by Crippen LogP contribution is -2.62. The first-order valence-corrected chi connectivity index (χ1v) is 5.84. The Morgan fingerprint density at radius 3 is 2.18 bits per heavy atom. The summed E-state index contributed by atoms with van der Waals surface area (Å²) in [6.45, 7) is 7.82. The number of amides is 2. The fourth-order valence-electron chi connectivity index (χ4n) is 1.79. The maximum Gasteiger partial charge on any atom is 0.410 e. The average molecular weight is 242 g/mol. The first-order chi connectivity index (χ1) is 7.63. The summed E-state index contributed by atoms with van der Waals surface area (Å²) in [6, 6.07) is -0.0836. The Bertz CT molecular complexity index is 320. The smallest absolute Gasteiger partial charge is 0.410 e. The van der Waals surface area contributed by atoms with E-state index in [4.69, 9.17) is 4.74 Å². The van der Waals surface area contributed by atoms with E-state index < -0.39 is 5.60 Å². The van der Waals surface area contributed by atoms with Crippen LogP contribution in [0, 0.1) is 5.92 Å². The van der Waals surface area contributed by atoms with Crippen LogP contribution in [0.1, 0.15) is 27.7 Å². The topological polar surface area (TPSA) is 49.9 Å². The second-order valence-corrected chi connectivity index (χ2v) is 5.71. The third kappa shape index (κ3) is 3.11. The van der Waals surface area contributed by atoms with Gasteiger partial charge in [-0.2, -0.15) is 0 Å². The van der Waals surface area contributed by atoms with Gasteiger partial charge in [0.1, 0.15) is 5.60 Å². The lowest BCUT2D eigenvalue weighted by Gasteiger charge is -2.45. The third-order valence-electron chi connectivity index (χ3n) is 2.85. The summed E-state index contributed by atoms with van der Waals surface area (Å²) in [7, 11) is 3.45. The first-order valence-electron chi connectivity index (χ1n) is 5.84. The zero-order chi connectivity index (χ0) is 13.4. The van der Waals surface area contributed by atoms with Crippen molar-refractivity contribution in [3.8, 4) is 0 Å². The summed E-state index contributed by atoms with van der Waals surface area (Å²) in [4.78, 5) is 26.7. The molecule has 2 amide bonds. The molecule has 1 saturated heterocycles. The van der Waals surface area contributed by atoms with E-state index in [-0.39, 0.29) is 24.0 Å². The Hall–Kier alpha value is -1.26. The number of carbonyl (C=O) groups is 2. The monoisotopic (exact) mass is 242 g/mol. The highest BCUT2D eigenvalue weighted by Gasteiger charge is 2.45. The van der Waals surface area contributed by atoms with Gasteiger partial charge in [0.25, 0.3) is 0 Å². The van der Waals surface area contributed by atoms with Crippen molar-refractivity contribution >= 4 is 12.0 Å². The molecule has 0 aliphatic carbocycles. The van der Waals surface area contributed by atoms with Crippen LogP contribution in [-0.4, -0.2) is 54.1 Å². The lowest BCUT2D eigenvalue weighted by atomic mass is 9.89. The Morgan fingerprint density at radius 2 is 1.82 bits per heavy atom. The maximum absolute atomic E-state index is 11.8. The number of likely N-dealkylation sites (tertiary alicyclic amines) is 1. The van der Waals surface area contributed by atoms with Gasteiger partial charge in [-0.05, 0) is 27.7 Å². The third-order valence-corrected chi connectivity index (χ3v) is 2.85. The fourth-order valence-corrected chi connectivity index (χ4v) is 1.79.